The topological polar surface area (TPSA) is 94.1 Å². The standard InChI is InChI=1S/C18H18N2O5S/c1-2-24-18(21)11-17-19-15-9-8-14(10-16(15)26(22,23)20-17)25-12-13-6-4-3-5-7-13/h3-10H,2,11-12H2,1H3,(H,19,20). The molecule has 0 saturated carbocycles. The van der Waals surface area contributed by atoms with Gasteiger partial charge in [-0.2, -0.15) is 8.42 Å². The lowest BCUT2D eigenvalue weighted by Crippen LogP contribution is -2.24. The van der Waals surface area contributed by atoms with Crippen molar-refractivity contribution in [2.75, 3.05) is 11.9 Å². The van der Waals surface area contributed by atoms with Crippen LogP contribution in [0.25, 0.3) is 0 Å². The lowest BCUT2D eigenvalue weighted by Gasteiger charge is -2.18. The average molecular weight is 374 g/mol. The molecule has 1 N–H and O–H groups in total. The van der Waals surface area contributed by atoms with Gasteiger partial charge in [-0.15, -0.1) is 4.40 Å². The molecule has 2 aromatic carbocycles. The Hall–Kier alpha value is -2.87. The van der Waals surface area contributed by atoms with Gasteiger partial charge in [-0.25, -0.2) is 0 Å². The molecule has 26 heavy (non-hydrogen) atoms. The molecule has 2 aromatic rings. The zero-order valence-corrected chi connectivity index (χ0v) is 15.0. The number of carbonyl (C=O) groups excluding carboxylic acids is 1. The summed E-state index contributed by atoms with van der Waals surface area (Å²) in [5.41, 5.74) is 1.33. The Labute approximate surface area is 151 Å². The zero-order chi connectivity index (χ0) is 18.6. The van der Waals surface area contributed by atoms with Gasteiger partial charge in [0, 0.05) is 6.07 Å². The third-order valence-electron chi connectivity index (χ3n) is 3.61. The van der Waals surface area contributed by atoms with Gasteiger partial charge in [0.05, 0.1) is 12.3 Å². The van der Waals surface area contributed by atoms with E-state index >= 15 is 0 Å². The summed E-state index contributed by atoms with van der Waals surface area (Å²) in [6.07, 6.45) is -0.237. The second kappa shape index (κ2) is 7.57. The van der Waals surface area contributed by atoms with E-state index in [0.717, 1.165) is 5.56 Å². The van der Waals surface area contributed by atoms with Crippen LogP contribution >= 0.6 is 0 Å². The van der Waals surface area contributed by atoms with Crippen LogP contribution in [0.2, 0.25) is 0 Å². The van der Waals surface area contributed by atoms with Crippen LogP contribution in [0.15, 0.2) is 57.8 Å². The van der Waals surface area contributed by atoms with Crippen LogP contribution in [0, 0.1) is 0 Å². The average Bonchev–Trinajstić information content (AvgIpc) is 2.61. The summed E-state index contributed by atoms with van der Waals surface area (Å²) < 4.78 is 39.0. The maximum absolute atomic E-state index is 12.4. The number of hydrogen-bond donors (Lipinski definition) is 1. The highest BCUT2D eigenvalue weighted by Crippen LogP contribution is 2.31. The van der Waals surface area contributed by atoms with E-state index in [1.165, 1.54) is 6.07 Å². The van der Waals surface area contributed by atoms with E-state index in [1.54, 1.807) is 19.1 Å². The number of rotatable bonds is 6. The monoisotopic (exact) mass is 374 g/mol. The largest absolute Gasteiger partial charge is 0.489 e. The first kappa shape index (κ1) is 17.9. The summed E-state index contributed by atoms with van der Waals surface area (Å²) in [4.78, 5) is 11.6. The number of hydrogen-bond acceptors (Lipinski definition) is 6. The summed E-state index contributed by atoms with van der Waals surface area (Å²) in [5, 5.41) is 2.86. The number of carbonyl (C=O) groups is 1. The molecule has 1 aliphatic heterocycles. The molecule has 1 heterocycles. The molecule has 0 saturated heterocycles. The highest BCUT2D eigenvalue weighted by atomic mass is 32.2. The van der Waals surface area contributed by atoms with Gasteiger partial charge < -0.3 is 14.8 Å². The molecule has 8 heteroatoms. The first-order chi connectivity index (χ1) is 12.5. The van der Waals surface area contributed by atoms with Crippen molar-refractivity contribution >= 4 is 27.5 Å². The van der Waals surface area contributed by atoms with E-state index in [9.17, 15) is 13.2 Å². The first-order valence-electron chi connectivity index (χ1n) is 8.05. The molecule has 1 aliphatic rings. The van der Waals surface area contributed by atoms with Gasteiger partial charge in [0.15, 0.2) is 0 Å². The van der Waals surface area contributed by atoms with Gasteiger partial charge in [0.25, 0.3) is 10.0 Å². The second-order valence-corrected chi connectivity index (χ2v) is 7.12. The Balaban J connectivity index is 1.77. The van der Waals surface area contributed by atoms with Gasteiger partial charge in [0.2, 0.25) is 0 Å². The van der Waals surface area contributed by atoms with Gasteiger partial charge in [-0.1, -0.05) is 30.3 Å². The predicted molar refractivity (Wildman–Crippen MR) is 96.7 cm³/mol. The number of nitrogens with zero attached hydrogens (tertiary/aromatic N) is 1. The van der Waals surface area contributed by atoms with Crippen molar-refractivity contribution in [3.63, 3.8) is 0 Å². The van der Waals surface area contributed by atoms with E-state index in [0.29, 0.717) is 18.0 Å². The number of anilines is 1. The molecule has 0 atom stereocenters. The number of benzene rings is 2. The number of esters is 1. The molecule has 0 spiro atoms. The Morgan fingerprint density at radius 3 is 2.65 bits per heavy atom. The normalized spacial score (nSPS) is 14.6. The highest BCUT2D eigenvalue weighted by molar-refractivity contribution is 7.90. The fourth-order valence-corrected chi connectivity index (χ4v) is 3.61. The van der Waals surface area contributed by atoms with Gasteiger partial charge in [-0.3, -0.25) is 4.79 Å². The molecule has 0 aromatic heterocycles. The predicted octanol–water partition coefficient (Wildman–Crippen LogP) is 2.73. The van der Waals surface area contributed by atoms with E-state index in [1.807, 2.05) is 30.3 Å². The quantitative estimate of drug-likeness (QED) is 0.782. The summed E-state index contributed by atoms with van der Waals surface area (Å²) in [7, 11) is -3.92. The number of fused-ring (bicyclic) bond motifs is 1. The minimum atomic E-state index is -3.92. The van der Waals surface area contributed by atoms with E-state index in [2.05, 4.69) is 9.71 Å². The zero-order valence-electron chi connectivity index (χ0n) is 14.1. The summed E-state index contributed by atoms with van der Waals surface area (Å²) in [5.74, 6) is -0.0869. The van der Waals surface area contributed by atoms with Crippen LogP contribution in [-0.4, -0.2) is 26.8 Å². The number of nitrogens with one attached hydrogen (secondary N) is 1. The third-order valence-corrected chi connectivity index (χ3v) is 4.96. The molecule has 0 unspecified atom stereocenters. The van der Waals surface area contributed by atoms with Crippen molar-refractivity contribution in [3.8, 4) is 5.75 Å². The van der Waals surface area contributed by atoms with Crippen LogP contribution in [0.1, 0.15) is 18.9 Å². The minimum Gasteiger partial charge on any atom is -0.489 e. The molecule has 0 bridgehead atoms. The molecule has 7 nitrogen and oxygen atoms in total. The molecule has 0 radical (unpaired) electrons. The SMILES string of the molecule is CCOC(=O)CC1=NS(=O)(=O)c2cc(OCc3ccccc3)ccc2N1. The van der Waals surface area contributed by atoms with Crippen molar-refractivity contribution in [2.24, 2.45) is 4.40 Å². The maximum atomic E-state index is 12.4. The van der Waals surface area contributed by atoms with Crippen molar-refractivity contribution < 1.29 is 22.7 Å². The Kier molecular flexibility index (Phi) is 5.22. The van der Waals surface area contributed by atoms with Crippen LogP contribution in [0.5, 0.6) is 5.75 Å². The Bertz CT molecular complexity index is 939. The van der Waals surface area contributed by atoms with Crippen LogP contribution in [-0.2, 0) is 26.2 Å². The van der Waals surface area contributed by atoms with E-state index in [4.69, 9.17) is 9.47 Å². The lowest BCUT2D eigenvalue weighted by atomic mass is 10.2. The molecular formula is C18H18N2O5S. The van der Waals surface area contributed by atoms with Crippen LogP contribution < -0.4 is 10.1 Å². The fraction of sp³-hybridized carbons (Fsp3) is 0.222. The number of ether oxygens (including phenoxy) is 2. The summed E-state index contributed by atoms with van der Waals surface area (Å²) in [6.45, 7) is 2.22. The molecule has 0 aliphatic carbocycles. The summed E-state index contributed by atoms with van der Waals surface area (Å²) >= 11 is 0. The smallest absolute Gasteiger partial charge is 0.313 e. The van der Waals surface area contributed by atoms with Crippen LogP contribution in [0.4, 0.5) is 5.69 Å². The molecule has 136 valence electrons. The Morgan fingerprint density at radius 2 is 1.92 bits per heavy atom. The van der Waals surface area contributed by atoms with Crippen molar-refractivity contribution in [1.29, 1.82) is 0 Å². The van der Waals surface area contributed by atoms with Crippen molar-refractivity contribution in [1.82, 2.24) is 0 Å². The number of sulfonamides is 1. The fourth-order valence-electron chi connectivity index (χ4n) is 2.45. The van der Waals surface area contributed by atoms with Crippen molar-refractivity contribution in [2.45, 2.75) is 24.8 Å². The lowest BCUT2D eigenvalue weighted by molar-refractivity contribution is -0.141. The third kappa shape index (κ3) is 4.20. The van der Waals surface area contributed by atoms with E-state index in [-0.39, 0.29) is 23.8 Å². The minimum absolute atomic E-state index is 0.00988. The number of amidine groups is 1. The van der Waals surface area contributed by atoms with Crippen LogP contribution in [0.3, 0.4) is 0 Å². The molecule has 0 amide bonds. The van der Waals surface area contributed by atoms with Crippen molar-refractivity contribution in [3.05, 3.63) is 54.1 Å². The molecular weight excluding hydrogens is 356 g/mol. The van der Waals surface area contributed by atoms with E-state index < -0.39 is 16.0 Å². The first-order valence-corrected chi connectivity index (χ1v) is 9.49. The highest BCUT2D eigenvalue weighted by Gasteiger charge is 2.26. The second-order valence-electron chi connectivity index (χ2n) is 5.55. The molecule has 0 fully saturated rings. The Morgan fingerprint density at radius 1 is 1.15 bits per heavy atom. The van der Waals surface area contributed by atoms with Gasteiger partial charge >= 0.3 is 5.97 Å². The summed E-state index contributed by atoms with van der Waals surface area (Å²) in [6, 6.07) is 14.2. The maximum Gasteiger partial charge on any atom is 0.313 e. The van der Waals surface area contributed by atoms with Gasteiger partial charge in [0.1, 0.15) is 29.5 Å². The van der Waals surface area contributed by atoms with Gasteiger partial charge in [-0.05, 0) is 24.6 Å². The molecule has 3 rings (SSSR count).